The summed E-state index contributed by atoms with van der Waals surface area (Å²) in [4.78, 5) is 23.2. The van der Waals surface area contributed by atoms with Crippen molar-refractivity contribution >= 4 is 20.5 Å². The first-order valence-corrected chi connectivity index (χ1v) is 11.8. The summed E-state index contributed by atoms with van der Waals surface area (Å²) in [6.07, 6.45) is 3.47. The lowest BCUT2D eigenvalue weighted by Gasteiger charge is -2.20. The highest BCUT2D eigenvalue weighted by Crippen LogP contribution is 2.41. The van der Waals surface area contributed by atoms with Crippen molar-refractivity contribution in [2.45, 2.75) is 52.9 Å². The molecule has 1 fully saturated rings. The number of carbonyl (C=O) groups is 2. The first kappa shape index (κ1) is 25.5. The van der Waals surface area contributed by atoms with Gasteiger partial charge in [-0.25, -0.2) is 9.59 Å². The van der Waals surface area contributed by atoms with Gasteiger partial charge in [0.1, 0.15) is 5.75 Å². The molecular formula is C22H33O8P. The van der Waals surface area contributed by atoms with Crippen LogP contribution < -0.4 is 4.74 Å². The summed E-state index contributed by atoms with van der Waals surface area (Å²) < 4.78 is 32.0. The Kier molecular flexibility index (Phi) is 11.2. The molecule has 0 bridgehead atoms. The van der Waals surface area contributed by atoms with Crippen LogP contribution in [0, 0.1) is 5.92 Å². The van der Waals surface area contributed by atoms with E-state index in [1.165, 1.54) is 12.8 Å². The van der Waals surface area contributed by atoms with Gasteiger partial charge in [-0.1, -0.05) is 32.0 Å². The van der Waals surface area contributed by atoms with Crippen molar-refractivity contribution in [1.29, 1.82) is 0 Å². The number of rotatable bonds is 15. The highest BCUT2D eigenvalue weighted by atomic mass is 31.2. The van der Waals surface area contributed by atoms with E-state index in [0.29, 0.717) is 5.92 Å². The van der Waals surface area contributed by atoms with Crippen LogP contribution in [0.3, 0.4) is 0 Å². The van der Waals surface area contributed by atoms with E-state index in [-0.39, 0.29) is 39.1 Å². The van der Waals surface area contributed by atoms with Crippen molar-refractivity contribution in [3.05, 3.63) is 29.3 Å². The second-order valence-corrected chi connectivity index (χ2v) is 8.63. The van der Waals surface area contributed by atoms with Gasteiger partial charge in [0.25, 0.3) is 0 Å². The van der Waals surface area contributed by atoms with Crippen LogP contribution in [0.1, 0.15) is 57.6 Å². The van der Waals surface area contributed by atoms with Gasteiger partial charge in [-0.15, -0.1) is 0 Å². The van der Waals surface area contributed by atoms with Crippen molar-refractivity contribution in [3.63, 3.8) is 0 Å². The predicted molar refractivity (Wildman–Crippen MR) is 116 cm³/mol. The van der Waals surface area contributed by atoms with E-state index in [2.05, 4.69) is 26.0 Å². The fraction of sp³-hybridized carbons (Fsp3) is 0.636. The second kappa shape index (κ2) is 13.6. The Bertz CT molecular complexity index is 683. The summed E-state index contributed by atoms with van der Waals surface area (Å²) in [5.41, 5.74) is 2.26. The number of hydrogen-bond donors (Lipinski definition) is 0. The number of carbonyl (C=O) groups excluding carboxylic acids is 2. The largest absolute Gasteiger partial charge is 0.466 e. The molecule has 1 saturated carbocycles. The SMILES string of the molecule is CCOC(=O)COP(OCOc1c(CC2CC2)cccc1C(C)C)OCC(=O)OCC. The molecule has 0 saturated heterocycles. The maximum Gasteiger partial charge on any atom is 0.336 e. The lowest BCUT2D eigenvalue weighted by molar-refractivity contribution is -0.146. The zero-order valence-corrected chi connectivity index (χ0v) is 19.7. The summed E-state index contributed by atoms with van der Waals surface area (Å²) in [5, 5.41) is 0. The minimum atomic E-state index is -2.01. The third-order valence-electron chi connectivity index (χ3n) is 4.50. The zero-order valence-electron chi connectivity index (χ0n) is 18.8. The average Bonchev–Trinajstić information content (AvgIpc) is 3.54. The number of ether oxygens (including phenoxy) is 3. The van der Waals surface area contributed by atoms with Gasteiger partial charge in [0, 0.05) is 0 Å². The maximum absolute atomic E-state index is 11.6. The van der Waals surface area contributed by atoms with Gasteiger partial charge in [0.05, 0.1) is 13.2 Å². The molecule has 0 N–H and O–H groups in total. The van der Waals surface area contributed by atoms with E-state index in [4.69, 9.17) is 27.8 Å². The maximum atomic E-state index is 11.6. The summed E-state index contributed by atoms with van der Waals surface area (Å²) in [6.45, 7) is 7.27. The Morgan fingerprint density at radius 1 is 1.00 bits per heavy atom. The van der Waals surface area contributed by atoms with Gasteiger partial charge in [-0.05, 0) is 56.1 Å². The Labute approximate surface area is 185 Å². The van der Waals surface area contributed by atoms with Crippen LogP contribution in [0.15, 0.2) is 18.2 Å². The topological polar surface area (TPSA) is 89.5 Å². The minimum Gasteiger partial charge on any atom is -0.466 e. The highest BCUT2D eigenvalue weighted by molar-refractivity contribution is 7.41. The van der Waals surface area contributed by atoms with E-state index in [0.717, 1.165) is 23.3 Å². The van der Waals surface area contributed by atoms with E-state index in [1.807, 2.05) is 6.07 Å². The smallest absolute Gasteiger partial charge is 0.336 e. The second-order valence-electron chi connectivity index (χ2n) is 7.41. The van der Waals surface area contributed by atoms with Crippen molar-refractivity contribution < 1.29 is 37.4 Å². The van der Waals surface area contributed by atoms with Crippen molar-refractivity contribution in [1.82, 2.24) is 0 Å². The van der Waals surface area contributed by atoms with E-state index in [1.54, 1.807) is 13.8 Å². The third kappa shape index (κ3) is 9.52. The first-order valence-electron chi connectivity index (χ1n) is 10.7. The molecule has 0 aromatic heterocycles. The van der Waals surface area contributed by atoms with Crippen LogP contribution in [0.4, 0.5) is 0 Å². The van der Waals surface area contributed by atoms with E-state index in [9.17, 15) is 9.59 Å². The van der Waals surface area contributed by atoms with Gasteiger partial charge >= 0.3 is 20.5 Å². The molecule has 1 aromatic carbocycles. The fourth-order valence-corrected chi connectivity index (χ4v) is 3.67. The summed E-state index contributed by atoms with van der Waals surface area (Å²) in [5.74, 6) is 0.724. The Hall–Kier alpha value is -1.73. The molecule has 8 nitrogen and oxygen atoms in total. The number of hydrogen-bond acceptors (Lipinski definition) is 8. The highest BCUT2D eigenvalue weighted by Gasteiger charge is 2.25. The molecule has 0 radical (unpaired) electrons. The van der Waals surface area contributed by atoms with Crippen molar-refractivity contribution in [3.8, 4) is 5.75 Å². The van der Waals surface area contributed by atoms with Gasteiger partial charge in [0.2, 0.25) is 0 Å². The third-order valence-corrected chi connectivity index (χ3v) is 5.50. The van der Waals surface area contributed by atoms with Gasteiger partial charge in [0.15, 0.2) is 20.0 Å². The first-order chi connectivity index (χ1) is 14.9. The standard InChI is InChI=1S/C22H33O8P/c1-5-25-20(23)13-28-31(29-14-21(24)26-6-2)30-15-27-22-18(12-17-10-11-17)8-7-9-19(22)16(3)4/h7-9,16-17H,5-6,10-15H2,1-4H3. The molecule has 2 rings (SSSR count). The lowest BCUT2D eigenvalue weighted by Crippen LogP contribution is -2.15. The average molecular weight is 456 g/mol. The van der Waals surface area contributed by atoms with E-state index < -0.39 is 20.5 Å². The quantitative estimate of drug-likeness (QED) is 0.217. The molecule has 0 atom stereocenters. The molecule has 1 aliphatic rings. The summed E-state index contributed by atoms with van der Waals surface area (Å²) in [7, 11) is -2.01. The summed E-state index contributed by atoms with van der Waals surface area (Å²) >= 11 is 0. The molecule has 0 unspecified atom stereocenters. The summed E-state index contributed by atoms with van der Waals surface area (Å²) in [6, 6.07) is 6.18. The van der Waals surface area contributed by atoms with Crippen LogP contribution in [0.2, 0.25) is 0 Å². The van der Waals surface area contributed by atoms with Gasteiger partial charge in [-0.3, -0.25) is 4.52 Å². The number of benzene rings is 1. The minimum absolute atomic E-state index is 0.140. The van der Waals surface area contributed by atoms with Crippen LogP contribution in [0.5, 0.6) is 5.75 Å². The van der Waals surface area contributed by atoms with Gasteiger partial charge < -0.3 is 23.3 Å². The lowest BCUT2D eigenvalue weighted by atomic mass is 9.97. The van der Waals surface area contributed by atoms with E-state index >= 15 is 0 Å². The number of para-hydroxylation sites is 1. The van der Waals surface area contributed by atoms with Crippen molar-refractivity contribution in [2.24, 2.45) is 5.92 Å². The molecule has 1 aromatic rings. The molecule has 0 heterocycles. The predicted octanol–water partition coefficient (Wildman–Crippen LogP) is 4.50. The normalized spacial score (nSPS) is 13.5. The molecule has 1 aliphatic carbocycles. The molecular weight excluding hydrogens is 423 g/mol. The molecule has 174 valence electrons. The van der Waals surface area contributed by atoms with Crippen LogP contribution in [-0.4, -0.2) is 45.2 Å². The zero-order chi connectivity index (χ0) is 22.6. The molecule has 9 heteroatoms. The van der Waals surface area contributed by atoms with Crippen LogP contribution in [0.25, 0.3) is 0 Å². The molecule has 0 amide bonds. The van der Waals surface area contributed by atoms with Crippen molar-refractivity contribution in [2.75, 3.05) is 33.2 Å². The Morgan fingerprint density at radius 3 is 2.13 bits per heavy atom. The van der Waals surface area contributed by atoms with Gasteiger partial charge in [-0.2, -0.15) is 0 Å². The fourth-order valence-electron chi connectivity index (χ4n) is 2.89. The molecule has 31 heavy (non-hydrogen) atoms. The van der Waals surface area contributed by atoms with Crippen LogP contribution in [-0.2, 0) is 39.1 Å². The Balaban J connectivity index is 1.97. The number of esters is 2. The Morgan fingerprint density at radius 2 is 1.61 bits per heavy atom. The van der Waals surface area contributed by atoms with Crippen LogP contribution >= 0.6 is 8.60 Å². The molecule has 0 aliphatic heterocycles. The molecule has 0 spiro atoms. The monoisotopic (exact) mass is 456 g/mol.